The minimum absolute atomic E-state index is 0.657. The number of unbranched alkanes of at least 4 members (excludes halogenated alkanes) is 19. The van der Waals surface area contributed by atoms with E-state index >= 15 is 0 Å². The quantitative estimate of drug-likeness (QED) is 0.103. The lowest BCUT2D eigenvalue weighted by Crippen LogP contribution is -1.85. The molecule has 0 aromatic rings. The van der Waals surface area contributed by atoms with E-state index < -0.39 is 0 Å². The van der Waals surface area contributed by atoms with Crippen LogP contribution in [-0.2, 0) is 9.59 Å². The van der Waals surface area contributed by atoms with Crippen molar-refractivity contribution in [3.05, 3.63) is 0 Å². The summed E-state index contributed by atoms with van der Waals surface area (Å²) in [5.74, 6) is 0. The van der Waals surface area contributed by atoms with Gasteiger partial charge < -0.3 is 0 Å². The molecule has 28 heavy (non-hydrogen) atoms. The highest BCUT2D eigenvalue weighted by Gasteiger charge is 1.95. The lowest BCUT2D eigenvalue weighted by Gasteiger charge is -2.04. The minimum atomic E-state index is 0.657. The largest absolute Gasteiger partial charge is 0.234 e. The second-order valence-corrected chi connectivity index (χ2v) is 8.02. The van der Waals surface area contributed by atoms with Crippen molar-refractivity contribution in [1.82, 2.24) is 0 Å². The van der Waals surface area contributed by atoms with E-state index in [2.05, 4.69) is 9.98 Å². The molecule has 0 radical (unpaired) electrons. The molecule has 0 N–H and O–H groups in total. The second kappa shape index (κ2) is 25.8. The summed E-state index contributed by atoms with van der Waals surface area (Å²) in [6.45, 7) is 1.31. The zero-order valence-corrected chi connectivity index (χ0v) is 18.3. The summed E-state index contributed by atoms with van der Waals surface area (Å²) >= 11 is 0. The molecular weight excluding hydrogens is 348 g/mol. The van der Waals surface area contributed by atoms with Gasteiger partial charge in [0.15, 0.2) is 0 Å². The van der Waals surface area contributed by atoms with Crippen LogP contribution in [0.3, 0.4) is 0 Å². The van der Waals surface area contributed by atoms with Crippen LogP contribution in [0, 0.1) is 0 Å². The van der Waals surface area contributed by atoms with E-state index in [1.807, 2.05) is 0 Å². The van der Waals surface area contributed by atoms with E-state index in [1.165, 1.54) is 116 Å². The Balaban J connectivity index is 3.01. The minimum Gasteiger partial charge on any atom is -0.211 e. The van der Waals surface area contributed by atoms with Crippen LogP contribution in [0.2, 0.25) is 0 Å². The van der Waals surface area contributed by atoms with Crippen molar-refractivity contribution >= 4 is 12.2 Å². The monoisotopic (exact) mass is 392 g/mol. The maximum Gasteiger partial charge on any atom is 0.234 e. The first-order valence-corrected chi connectivity index (χ1v) is 12.0. The van der Waals surface area contributed by atoms with Crippen LogP contribution in [0.15, 0.2) is 9.98 Å². The molecule has 0 aliphatic rings. The highest BCUT2D eigenvalue weighted by atomic mass is 16.1. The summed E-state index contributed by atoms with van der Waals surface area (Å²) in [4.78, 5) is 27.0. The summed E-state index contributed by atoms with van der Waals surface area (Å²) in [5.41, 5.74) is 0. The van der Waals surface area contributed by atoms with Gasteiger partial charge in [0, 0.05) is 0 Å². The van der Waals surface area contributed by atoms with E-state index in [-0.39, 0.29) is 0 Å². The van der Waals surface area contributed by atoms with E-state index in [0.717, 1.165) is 12.8 Å². The van der Waals surface area contributed by atoms with Crippen molar-refractivity contribution in [3.63, 3.8) is 0 Å². The van der Waals surface area contributed by atoms with Crippen LogP contribution >= 0.6 is 0 Å². The Labute approximate surface area is 173 Å². The molecule has 0 fully saturated rings. The van der Waals surface area contributed by atoms with Gasteiger partial charge in [0.1, 0.15) is 0 Å². The Morgan fingerprint density at radius 2 is 0.500 bits per heavy atom. The SMILES string of the molecule is O=C=NCCCCCCCCCCCCCCCCCCCCCCN=C=O. The zero-order chi connectivity index (χ0) is 20.4. The first-order valence-electron chi connectivity index (χ1n) is 12.0. The molecule has 0 aromatic carbocycles. The average Bonchev–Trinajstić information content (AvgIpc) is 2.71. The van der Waals surface area contributed by atoms with Crippen molar-refractivity contribution in [1.29, 1.82) is 0 Å². The van der Waals surface area contributed by atoms with Crippen molar-refractivity contribution in [2.45, 2.75) is 128 Å². The zero-order valence-electron chi connectivity index (χ0n) is 18.3. The molecule has 0 spiro atoms. The van der Waals surface area contributed by atoms with Crippen LogP contribution < -0.4 is 0 Å². The first kappa shape index (κ1) is 26.8. The molecule has 0 aliphatic heterocycles. The summed E-state index contributed by atoms with van der Waals surface area (Å²) in [6.07, 6.45) is 29.7. The normalized spacial score (nSPS) is 10.4. The Hall–Kier alpha value is -1.24. The maximum atomic E-state index is 9.93. The van der Waals surface area contributed by atoms with E-state index in [4.69, 9.17) is 0 Å². The molecule has 0 aliphatic carbocycles. The van der Waals surface area contributed by atoms with E-state index in [1.54, 1.807) is 12.2 Å². The highest BCUT2D eigenvalue weighted by molar-refractivity contribution is 5.32. The molecule has 0 rings (SSSR count). The summed E-state index contributed by atoms with van der Waals surface area (Å²) in [7, 11) is 0. The third-order valence-corrected chi connectivity index (χ3v) is 5.42. The van der Waals surface area contributed by atoms with Crippen molar-refractivity contribution in [3.8, 4) is 0 Å². The maximum absolute atomic E-state index is 9.93. The smallest absolute Gasteiger partial charge is 0.211 e. The van der Waals surface area contributed by atoms with Gasteiger partial charge in [-0.25, -0.2) is 19.6 Å². The molecule has 0 unspecified atom stereocenters. The summed E-state index contributed by atoms with van der Waals surface area (Å²) < 4.78 is 0. The molecule has 0 heterocycles. The van der Waals surface area contributed by atoms with Gasteiger partial charge in [-0.3, -0.25) is 0 Å². The number of aliphatic imine (C=N–C) groups is 2. The molecule has 0 bridgehead atoms. The number of isocyanates is 2. The third kappa shape index (κ3) is 24.8. The molecular formula is C24H44N2O2. The van der Waals surface area contributed by atoms with Gasteiger partial charge in [-0.1, -0.05) is 116 Å². The molecule has 0 atom stereocenters. The lowest BCUT2D eigenvalue weighted by molar-refractivity contribution is 0.521. The van der Waals surface area contributed by atoms with Gasteiger partial charge in [-0.2, -0.15) is 0 Å². The van der Waals surface area contributed by atoms with E-state index in [9.17, 15) is 9.59 Å². The molecule has 162 valence electrons. The van der Waals surface area contributed by atoms with Gasteiger partial charge in [0.05, 0.1) is 13.1 Å². The third-order valence-electron chi connectivity index (χ3n) is 5.42. The van der Waals surface area contributed by atoms with Gasteiger partial charge in [-0.15, -0.1) is 0 Å². The summed E-state index contributed by atoms with van der Waals surface area (Å²) in [5, 5.41) is 0. The van der Waals surface area contributed by atoms with Crippen molar-refractivity contribution in [2.24, 2.45) is 9.98 Å². The Morgan fingerprint density at radius 3 is 0.679 bits per heavy atom. The fourth-order valence-corrected chi connectivity index (χ4v) is 3.65. The number of carbonyl (C=O) groups excluding carboxylic acids is 2. The van der Waals surface area contributed by atoms with Crippen LogP contribution in [0.1, 0.15) is 128 Å². The predicted octanol–water partition coefficient (Wildman–Crippen LogP) is 7.46. The average molecular weight is 393 g/mol. The van der Waals surface area contributed by atoms with Crippen LogP contribution in [0.25, 0.3) is 0 Å². The molecule has 0 saturated carbocycles. The fraction of sp³-hybridized carbons (Fsp3) is 0.917. The molecule has 0 amide bonds. The Bertz CT molecular complexity index is 361. The standard InChI is InChI=1S/C24H44N2O2/c27-23-25-21-19-17-15-13-11-9-7-5-3-1-2-4-6-8-10-12-14-16-18-20-22-26-24-28/h1-22H2. The number of hydrogen-bond acceptors (Lipinski definition) is 4. The molecule has 0 aromatic heterocycles. The Kier molecular flexibility index (Phi) is 24.6. The van der Waals surface area contributed by atoms with E-state index in [0.29, 0.717) is 13.1 Å². The van der Waals surface area contributed by atoms with Gasteiger partial charge in [0.2, 0.25) is 12.2 Å². The lowest BCUT2D eigenvalue weighted by atomic mass is 10.0. The van der Waals surface area contributed by atoms with Gasteiger partial charge in [0.25, 0.3) is 0 Å². The number of rotatable bonds is 23. The molecule has 4 heteroatoms. The van der Waals surface area contributed by atoms with Crippen LogP contribution in [-0.4, -0.2) is 25.2 Å². The Morgan fingerprint density at radius 1 is 0.321 bits per heavy atom. The molecule has 0 saturated heterocycles. The number of hydrogen-bond donors (Lipinski definition) is 0. The highest BCUT2D eigenvalue weighted by Crippen LogP contribution is 2.14. The van der Waals surface area contributed by atoms with Crippen molar-refractivity contribution < 1.29 is 9.59 Å². The van der Waals surface area contributed by atoms with Gasteiger partial charge >= 0.3 is 0 Å². The first-order chi connectivity index (χ1) is 13.9. The predicted molar refractivity (Wildman–Crippen MR) is 118 cm³/mol. The topological polar surface area (TPSA) is 58.9 Å². The number of nitrogens with zero attached hydrogens (tertiary/aromatic N) is 2. The molecule has 4 nitrogen and oxygen atoms in total. The van der Waals surface area contributed by atoms with Gasteiger partial charge in [-0.05, 0) is 12.8 Å². The van der Waals surface area contributed by atoms with Crippen LogP contribution in [0.5, 0.6) is 0 Å². The van der Waals surface area contributed by atoms with Crippen molar-refractivity contribution in [2.75, 3.05) is 13.1 Å². The summed E-state index contributed by atoms with van der Waals surface area (Å²) in [6, 6.07) is 0. The fourth-order valence-electron chi connectivity index (χ4n) is 3.65. The van der Waals surface area contributed by atoms with Crippen LogP contribution in [0.4, 0.5) is 0 Å². The second-order valence-electron chi connectivity index (χ2n) is 8.02.